The number of nitrogens with zero attached hydrogens (tertiary/aromatic N) is 1. The summed E-state index contributed by atoms with van der Waals surface area (Å²) < 4.78 is 0. The van der Waals surface area contributed by atoms with Crippen LogP contribution in [0.2, 0.25) is 0 Å². The minimum absolute atomic E-state index is 0.109. The molecule has 0 saturated carbocycles. The third kappa shape index (κ3) is 1.37. The molecule has 0 spiro atoms. The van der Waals surface area contributed by atoms with Gasteiger partial charge in [0.05, 0.1) is 11.2 Å². The Kier molecular flexibility index (Phi) is 2.51. The molecule has 2 nitrogen and oxygen atoms in total. The summed E-state index contributed by atoms with van der Waals surface area (Å²) in [4.78, 5) is 13.5. The third-order valence-electron chi connectivity index (χ3n) is 2.96. The van der Waals surface area contributed by atoms with Crippen LogP contribution >= 0.6 is 11.8 Å². The average molecular weight is 221 g/mol. The third-order valence-corrected chi connectivity index (χ3v) is 3.81. The van der Waals surface area contributed by atoms with E-state index in [-0.39, 0.29) is 11.4 Å². The standard InChI is InChI=1S/C12H15NOS/c1-9(14)13-11-7-5-4-6-10(11)12(13,2)8-15-3/h4-7H,8H2,1-3H3. The van der Waals surface area contributed by atoms with E-state index in [2.05, 4.69) is 19.2 Å². The van der Waals surface area contributed by atoms with Gasteiger partial charge in [0.1, 0.15) is 0 Å². The summed E-state index contributed by atoms with van der Waals surface area (Å²) in [6.45, 7) is 3.77. The molecule has 1 amide bonds. The van der Waals surface area contributed by atoms with E-state index in [0.717, 1.165) is 11.4 Å². The van der Waals surface area contributed by atoms with E-state index in [4.69, 9.17) is 0 Å². The van der Waals surface area contributed by atoms with Gasteiger partial charge in [0, 0.05) is 18.2 Å². The second-order valence-corrected chi connectivity index (χ2v) is 4.94. The van der Waals surface area contributed by atoms with Crippen LogP contribution in [0.15, 0.2) is 24.3 Å². The highest BCUT2D eigenvalue weighted by Crippen LogP contribution is 2.48. The molecule has 0 N–H and O–H groups in total. The number of carbonyl (C=O) groups excluding carboxylic acids is 1. The van der Waals surface area contributed by atoms with E-state index in [1.165, 1.54) is 5.56 Å². The Morgan fingerprint density at radius 1 is 1.47 bits per heavy atom. The van der Waals surface area contributed by atoms with Crippen LogP contribution in [0.4, 0.5) is 5.69 Å². The predicted molar refractivity (Wildman–Crippen MR) is 65.3 cm³/mol. The Labute approximate surface area is 94.7 Å². The largest absolute Gasteiger partial charge is 0.301 e. The van der Waals surface area contributed by atoms with Crippen molar-refractivity contribution in [1.29, 1.82) is 0 Å². The van der Waals surface area contributed by atoms with Gasteiger partial charge in [-0.2, -0.15) is 11.8 Å². The summed E-state index contributed by atoms with van der Waals surface area (Å²) in [6.07, 6.45) is 2.07. The van der Waals surface area contributed by atoms with Gasteiger partial charge < -0.3 is 4.90 Å². The number of rotatable bonds is 2. The van der Waals surface area contributed by atoms with Gasteiger partial charge in [-0.1, -0.05) is 18.2 Å². The second kappa shape index (κ2) is 3.56. The molecular formula is C12H15NOS. The van der Waals surface area contributed by atoms with Crippen molar-refractivity contribution < 1.29 is 4.79 Å². The van der Waals surface area contributed by atoms with Crippen LogP contribution in [0.5, 0.6) is 0 Å². The zero-order valence-corrected chi connectivity index (χ0v) is 10.1. The van der Waals surface area contributed by atoms with Crippen molar-refractivity contribution in [2.75, 3.05) is 16.9 Å². The first-order chi connectivity index (χ1) is 7.11. The molecule has 80 valence electrons. The number of hydrogen-bond donors (Lipinski definition) is 0. The van der Waals surface area contributed by atoms with Crippen LogP contribution in [-0.4, -0.2) is 17.9 Å². The molecule has 0 bridgehead atoms. The normalized spacial score (nSPS) is 23.3. The lowest BCUT2D eigenvalue weighted by Crippen LogP contribution is -2.56. The molecule has 1 aromatic carbocycles. The summed E-state index contributed by atoms with van der Waals surface area (Å²) in [7, 11) is 0. The molecule has 1 aliphatic heterocycles. The number of thioether (sulfide) groups is 1. The number of hydrogen-bond acceptors (Lipinski definition) is 2. The van der Waals surface area contributed by atoms with Gasteiger partial charge in [-0.05, 0) is 19.2 Å². The molecule has 0 radical (unpaired) electrons. The Bertz CT molecular complexity index is 404. The number of amides is 1. The quantitative estimate of drug-likeness (QED) is 0.765. The van der Waals surface area contributed by atoms with Crippen LogP contribution in [0.3, 0.4) is 0 Å². The Morgan fingerprint density at radius 2 is 2.13 bits per heavy atom. The molecule has 3 heteroatoms. The predicted octanol–water partition coefficient (Wildman–Crippen LogP) is 2.63. The monoisotopic (exact) mass is 221 g/mol. The molecule has 1 unspecified atom stereocenters. The molecule has 1 heterocycles. The number of para-hydroxylation sites is 1. The molecule has 1 aromatic rings. The SMILES string of the molecule is CSCC1(C)c2ccccc2N1C(C)=O. The van der Waals surface area contributed by atoms with E-state index in [0.29, 0.717) is 0 Å². The number of anilines is 1. The molecule has 0 aromatic heterocycles. The maximum atomic E-state index is 11.6. The lowest BCUT2D eigenvalue weighted by Gasteiger charge is -2.51. The van der Waals surface area contributed by atoms with Gasteiger partial charge in [0.25, 0.3) is 0 Å². The van der Waals surface area contributed by atoms with Crippen molar-refractivity contribution in [2.45, 2.75) is 19.4 Å². The summed E-state index contributed by atoms with van der Waals surface area (Å²) in [5.74, 6) is 1.08. The molecule has 15 heavy (non-hydrogen) atoms. The van der Waals surface area contributed by atoms with Crippen LogP contribution in [0.25, 0.3) is 0 Å². The highest BCUT2D eigenvalue weighted by atomic mass is 32.2. The minimum Gasteiger partial charge on any atom is -0.301 e. The van der Waals surface area contributed by atoms with Gasteiger partial charge in [0.2, 0.25) is 5.91 Å². The minimum atomic E-state index is -0.109. The van der Waals surface area contributed by atoms with Gasteiger partial charge in [0.15, 0.2) is 0 Å². The lowest BCUT2D eigenvalue weighted by atomic mass is 9.81. The van der Waals surface area contributed by atoms with E-state index in [1.807, 2.05) is 23.1 Å². The molecular weight excluding hydrogens is 206 g/mol. The maximum absolute atomic E-state index is 11.6. The van der Waals surface area contributed by atoms with Crippen molar-refractivity contribution in [2.24, 2.45) is 0 Å². The fourth-order valence-corrected chi connectivity index (χ4v) is 3.24. The first-order valence-corrected chi connectivity index (χ1v) is 6.40. The summed E-state index contributed by atoms with van der Waals surface area (Å²) in [5, 5.41) is 0. The van der Waals surface area contributed by atoms with Crippen LogP contribution < -0.4 is 4.90 Å². The van der Waals surface area contributed by atoms with Crippen molar-refractivity contribution >= 4 is 23.4 Å². The lowest BCUT2D eigenvalue weighted by molar-refractivity contribution is -0.118. The van der Waals surface area contributed by atoms with E-state index >= 15 is 0 Å². The molecule has 0 saturated heterocycles. The van der Waals surface area contributed by atoms with Gasteiger partial charge in [-0.3, -0.25) is 4.79 Å². The Morgan fingerprint density at radius 3 is 2.73 bits per heavy atom. The number of fused-ring (bicyclic) bond motifs is 1. The Balaban J connectivity index is 2.45. The molecule has 0 fully saturated rings. The van der Waals surface area contributed by atoms with E-state index in [1.54, 1.807) is 18.7 Å². The zero-order chi connectivity index (χ0) is 11.1. The van der Waals surface area contributed by atoms with Crippen molar-refractivity contribution in [1.82, 2.24) is 0 Å². The van der Waals surface area contributed by atoms with Gasteiger partial charge >= 0.3 is 0 Å². The number of carbonyl (C=O) groups is 1. The van der Waals surface area contributed by atoms with E-state index in [9.17, 15) is 4.79 Å². The highest BCUT2D eigenvalue weighted by molar-refractivity contribution is 7.98. The summed E-state index contributed by atoms with van der Waals surface area (Å²) in [5.41, 5.74) is 2.25. The first-order valence-electron chi connectivity index (χ1n) is 5.00. The van der Waals surface area contributed by atoms with Crippen LogP contribution in [0.1, 0.15) is 19.4 Å². The molecule has 2 rings (SSSR count). The van der Waals surface area contributed by atoms with Crippen LogP contribution in [-0.2, 0) is 10.3 Å². The summed E-state index contributed by atoms with van der Waals surface area (Å²) in [6, 6.07) is 8.14. The van der Waals surface area contributed by atoms with Crippen molar-refractivity contribution in [3.8, 4) is 0 Å². The Hall–Kier alpha value is -0.960. The number of benzene rings is 1. The fourth-order valence-electron chi connectivity index (χ4n) is 2.40. The topological polar surface area (TPSA) is 20.3 Å². The van der Waals surface area contributed by atoms with Gasteiger partial charge in [-0.25, -0.2) is 0 Å². The smallest absolute Gasteiger partial charge is 0.224 e. The molecule has 1 aliphatic rings. The second-order valence-electron chi connectivity index (χ2n) is 4.08. The van der Waals surface area contributed by atoms with E-state index < -0.39 is 0 Å². The maximum Gasteiger partial charge on any atom is 0.224 e. The summed E-state index contributed by atoms with van der Waals surface area (Å²) >= 11 is 1.78. The van der Waals surface area contributed by atoms with Gasteiger partial charge in [-0.15, -0.1) is 0 Å². The van der Waals surface area contributed by atoms with Crippen LogP contribution in [0, 0.1) is 0 Å². The zero-order valence-electron chi connectivity index (χ0n) is 9.28. The van der Waals surface area contributed by atoms with Crippen molar-refractivity contribution in [3.05, 3.63) is 29.8 Å². The van der Waals surface area contributed by atoms with Crippen molar-refractivity contribution in [3.63, 3.8) is 0 Å². The average Bonchev–Trinajstić information content (AvgIpc) is 2.17. The first kappa shape index (κ1) is 10.6. The highest BCUT2D eigenvalue weighted by Gasteiger charge is 2.47. The fraction of sp³-hybridized carbons (Fsp3) is 0.417. The molecule has 0 aliphatic carbocycles. The molecule has 1 atom stereocenters.